The first-order chi connectivity index (χ1) is 29.0. The van der Waals surface area contributed by atoms with Crippen molar-refractivity contribution in [2.24, 2.45) is 0 Å². The van der Waals surface area contributed by atoms with Crippen molar-refractivity contribution in [1.29, 1.82) is 0 Å². The topological polar surface area (TPSA) is 184 Å². The van der Waals surface area contributed by atoms with Gasteiger partial charge in [-0.1, -0.05) is 12.1 Å². The molecule has 0 amide bonds. The van der Waals surface area contributed by atoms with Crippen LogP contribution in [0.25, 0.3) is 0 Å². The average Bonchev–Trinajstić information content (AvgIpc) is 3.25. The number of anilines is 4. The van der Waals surface area contributed by atoms with E-state index in [2.05, 4.69) is 0 Å². The maximum absolute atomic E-state index is 12.9. The van der Waals surface area contributed by atoms with Gasteiger partial charge >= 0.3 is 0 Å². The summed E-state index contributed by atoms with van der Waals surface area (Å²) in [5.74, 6) is 6.48. The van der Waals surface area contributed by atoms with Crippen molar-refractivity contribution in [1.82, 2.24) is 0 Å². The lowest BCUT2D eigenvalue weighted by atomic mass is 10.3. The number of hydrogen-bond donors (Lipinski definition) is 4. The molecule has 0 saturated heterocycles. The van der Waals surface area contributed by atoms with Gasteiger partial charge in [0.2, 0.25) is 9.84 Å². The van der Waals surface area contributed by atoms with Gasteiger partial charge in [0.1, 0.15) is 57.5 Å². The Labute approximate surface area is 347 Å². The van der Waals surface area contributed by atoms with Crippen molar-refractivity contribution in [3.8, 4) is 57.5 Å². The van der Waals surface area contributed by atoms with Crippen LogP contribution >= 0.6 is 0 Å². The standard InChI is InChI=1S/C24H20N2O4S.C24H20N2O3/c25-17-3-1-5-21(15-17)29-19-7-11-23(12-8-19)31(27,28)24-13-9-20(10-14-24)30-22-6-2-4-18(26)16-22;25-17-1-5-19(6-2-17)27-21-9-13-23(14-10-21)29-24-15-11-22(12-16-24)28-20-7-3-18(26)4-8-20/h1-16H,25-26H2;1-16H,25-26H2. The van der Waals surface area contributed by atoms with E-state index in [1.807, 2.05) is 72.8 Å². The van der Waals surface area contributed by atoms with Crippen LogP contribution in [0, 0.1) is 0 Å². The molecular formula is C48H40N4O7S. The molecule has 0 heterocycles. The zero-order chi connectivity index (χ0) is 41.9. The predicted molar refractivity (Wildman–Crippen MR) is 235 cm³/mol. The van der Waals surface area contributed by atoms with Crippen molar-refractivity contribution in [3.63, 3.8) is 0 Å². The summed E-state index contributed by atoms with van der Waals surface area (Å²) in [6, 6.07) is 55.8. The Balaban J connectivity index is 0.000000182. The monoisotopic (exact) mass is 816 g/mol. The molecule has 12 heteroatoms. The van der Waals surface area contributed by atoms with Crippen molar-refractivity contribution in [2.45, 2.75) is 9.79 Å². The minimum Gasteiger partial charge on any atom is -0.457 e. The minimum atomic E-state index is -3.68. The summed E-state index contributed by atoms with van der Waals surface area (Å²) in [5, 5.41) is 0. The molecule has 11 nitrogen and oxygen atoms in total. The van der Waals surface area contributed by atoms with Crippen LogP contribution in [0.2, 0.25) is 0 Å². The lowest BCUT2D eigenvalue weighted by molar-refractivity contribution is 0.464. The second kappa shape index (κ2) is 18.4. The van der Waals surface area contributed by atoms with Crippen molar-refractivity contribution in [3.05, 3.63) is 194 Å². The van der Waals surface area contributed by atoms with E-state index in [-0.39, 0.29) is 9.79 Å². The fraction of sp³-hybridized carbons (Fsp3) is 0. The predicted octanol–water partition coefficient (Wildman–Crippen LogP) is 11.5. The first-order valence-corrected chi connectivity index (χ1v) is 20.0. The summed E-state index contributed by atoms with van der Waals surface area (Å²) >= 11 is 0. The Morgan fingerprint density at radius 3 is 0.767 bits per heavy atom. The number of nitrogens with two attached hydrogens (primary N) is 4. The molecule has 0 atom stereocenters. The highest BCUT2D eigenvalue weighted by atomic mass is 32.2. The van der Waals surface area contributed by atoms with Crippen LogP contribution in [0.5, 0.6) is 57.5 Å². The number of nitrogen functional groups attached to an aromatic ring is 4. The maximum Gasteiger partial charge on any atom is 0.206 e. The molecule has 8 aromatic rings. The molecule has 8 N–H and O–H groups in total. The minimum absolute atomic E-state index is 0.164. The van der Waals surface area contributed by atoms with Crippen LogP contribution in [-0.4, -0.2) is 8.42 Å². The molecule has 0 aliphatic heterocycles. The Hall–Kier alpha value is -8.09. The Bertz CT molecular complexity index is 2560. The van der Waals surface area contributed by atoms with Gasteiger partial charge in [-0.2, -0.15) is 0 Å². The smallest absolute Gasteiger partial charge is 0.206 e. The molecule has 300 valence electrons. The lowest BCUT2D eigenvalue weighted by Gasteiger charge is -2.10. The van der Waals surface area contributed by atoms with Crippen LogP contribution in [0.3, 0.4) is 0 Å². The van der Waals surface area contributed by atoms with E-state index in [0.717, 1.165) is 23.0 Å². The second-order valence-electron chi connectivity index (χ2n) is 13.2. The molecule has 0 aliphatic carbocycles. The first kappa shape index (κ1) is 40.1. The molecule has 60 heavy (non-hydrogen) atoms. The Morgan fingerprint density at radius 1 is 0.267 bits per heavy atom. The van der Waals surface area contributed by atoms with Crippen LogP contribution in [0.1, 0.15) is 0 Å². The van der Waals surface area contributed by atoms with E-state index in [4.69, 9.17) is 46.6 Å². The van der Waals surface area contributed by atoms with E-state index in [9.17, 15) is 8.42 Å². The molecule has 0 saturated carbocycles. The fourth-order valence-corrected chi connectivity index (χ4v) is 6.83. The van der Waals surface area contributed by atoms with Gasteiger partial charge < -0.3 is 46.6 Å². The summed E-state index contributed by atoms with van der Waals surface area (Å²) in [7, 11) is -3.68. The highest BCUT2D eigenvalue weighted by molar-refractivity contribution is 7.91. The van der Waals surface area contributed by atoms with Crippen molar-refractivity contribution >= 4 is 32.6 Å². The van der Waals surface area contributed by atoms with E-state index >= 15 is 0 Å². The highest BCUT2D eigenvalue weighted by Crippen LogP contribution is 2.31. The van der Waals surface area contributed by atoms with Gasteiger partial charge in [0.15, 0.2) is 0 Å². The third-order valence-corrected chi connectivity index (χ3v) is 10.4. The van der Waals surface area contributed by atoms with E-state index in [0.29, 0.717) is 57.2 Å². The second-order valence-corrected chi connectivity index (χ2v) is 15.1. The largest absolute Gasteiger partial charge is 0.457 e. The Kier molecular flexibility index (Phi) is 12.3. The van der Waals surface area contributed by atoms with Gasteiger partial charge in [0.25, 0.3) is 0 Å². The van der Waals surface area contributed by atoms with Crippen molar-refractivity contribution < 1.29 is 32.1 Å². The summed E-state index contributed by atoms with van der Waals surface area (Å²) in [6.45, 7) is 0. The molecule has 0 spiro atoms. The number of rotatable bonds is 12. The molecule has 8 rings (SSSR count). The zero-order valence-corrected chi connectivity index (χ0v) is 32.9. The van der Waals surface area contributed by atoms with Crippen LogP contribution < -0.4 is 46.6 Å². The Morgan fingerprint density at radius 2 is 0.500 bits per heavy atom. The molecular weight excluding hydrogens is 777 g/mol. The molecule has 0 fully saturated rings. The summed E-state index contributed by atoms with van der Waals surface area (Å²) in [5.41, 5.74) is 25.4. The van der Waals surface area contributed by atoms with E-state index in [1.165, 1.54) is 24.3 Å². The van der Waals surface area contributed by atoms with E-state index < -0.39 is 9.84 Å². The highest BCUT2D eigenvalue weighted by Gasteiger charge is 2.18. The quantitative estimate of drug-likeness (QED) is 0.0860. The van der Waals surface area contributed by atoms with Crippen LogP contribution in [0.4, 0.5) is 22.7 Å². The first-order valence-electron chi connectivity index (χ1n) is 18.5. The average molecular weight is 817 g/mol. The molecule has 8 aromatic carbocycles. The van der Waals surface area contributed by atoms with Gasteiger partial charge in [0, 0.05) is 34.9 Å². The van der Waals surface area contributed by atoms with E-state index in [1.54, 1.807) is 97.1 Å². The fourth-order valence-electron chi connectivity index (χ4n) is 5.57. The number of hydrogen-bond acceptors (Lipinski definition) is 11. The number of sulfone groups is 1. The summed E-state index contributed by atoms with van der Waals surface area (Å²) in [4.78, 5) is 0.328. The molecule has 0 unspecified atom stereocenters. The number of benzene rings is 8. The summed E-state index contributed by atoms with van der Waals surface area (Å²) in [6.07, 6.45) is 0. The lowest BCUT2D eigenvalue weighted by Crippen LogP contribution is -2.01. The third kappa shape index (κ3) is 11.1. The maximum atomic E-state index is 12.9. The third-order valence-electron chi connectivity index (χ3n) is 8.57. The molecule has 0 bridgehead atoms. The summed E-state index contributed by atoms with van der Waals surface area (Å²) < 4.78 is 54.8. The normalized spacial score (nSPS) is 10.7. The van der Waals surface area contributed by atoms with Crippen molar-refractivity contribution in [2.75, 3.05) is 22.9 Å². The van der Waals surface area contributed by atoms with Gasteiger partial charge in [-0.3, -0.25) is 0 Å². The van der Waals surface area contributed by atoms with Gasteiger partial charge in [0.05, 0.1) is 9.79 Å². The van der Waals surface area contributed by atoms with Gasteiger partial charge in [-0.15, -0.1) is 0 Å². The van der Waals surface area contributed by atoms with Gasteiger partial charge in [-0.25, -0.2) is 8.42 Å². The van der Waals surface area contributed by atoms with Gasteiger partial charge in [-0.05, 0) is 170 Å². The van der Waals surface area contributed by atoms with Crippen LogP contribution in [0.15, 0.2) is 204 Å². The molecule has 0 radical (unpaired) electrons. The number of ether oxygens (including phenoxy) is 5. The SMILES string of the molecule is Nc1ccc(Oc2ccc(Oc3ccc(Oc4ccc(N)cc4)cc3)cc2)cc1.Nc1cccc(Oc2ccc(S(=O)(=O)c3ccc(Oc4cccc(N)c4)cc3)cc2)c1. The zero-order valence-electron chi connectivity index (χ0n) is 32.1. The molecule has 0 aromatic heterocycles. The van der Waals surface area contributed by atoms with Crippen LogP contribution in [-0.2, 0) is 9.84 Å². The molecule has 0 aliphatic rings.